The van der Waals surface area contributed by atoms with E-state index < -0.39 is 5.97 Å². The van der Waals surface area contributed by atoms with Crippen LogP contribution in [-0.2, 0) is 9.53 Å². The number of methoxy groups -OCH3 is 1. The molecule has 0 bridgehead atoms. The van der Waals surface area contributed by atoms with Crippen LogP contribution in [0.1, 0.15) is 27.2 Å². The molecule has 0 fully saturated rings. The molecule has 0 spiro atoms. The Hall–Kier alpha value is -2.67. The van der Waals surface area contributed by atoms with Gasteiger partial charge >= 0.3 is 5.97 Å². The Kier molecular flexibility index (Phi) is 5.93. The summed E-state index contributed by atoms with van der Waals surface area (Å²) in [4.78, 5) is 25.1. The van der Waals surface area contributed by atoms with Gasteiger partial charge in [-0.05, 0) is 38.0 Å². The molecule has 25 heavy (non-hydrogen) atoms. The first-order chi connectivity index (χ1) is 11.8. The monoisotopic (exact) mass is 345 g/mol. The van der Waals surface area contributed by atoms with E-state index in [9.17, 15) is 9.59 Å². The molecule has 7 heteroatoms. The lowest BCUT2D eigenvalue weighted by atomic mass is 10.1. The van der Waals surface area contributed by atoms with Gasteiger partial charge in [0.1, 0.15) is 6.54 Å². The highest BCUT2D eigenvalue weighted by Gasteiger charge is 2.23. The van der Waals surface area contributed by atoms with Crippen LogP contribution in [0.4, 0.5) is 0 Å². The van der Waals surface area contributed by atoms with E-state index in [2.05, 4.69) is 5.10 Å². The number of carbonyl (C=O) groups excluding carboxylic acids is 1. The first-order valence-electron chi connectivity index (χ1n) is 7.97. The number of carbonyl (C=O) groups is 2. The van der Waals surface area contributed by atoms with Crippen LogP contribution < -0.4 is 0 Å². The minimum atomic E-state index is -1.07. The number of carboxylic acids is 1. The lowest BCUT2D eigenvalue weighted by molar-refractivity contribution is -0.137. The fourth-order valence-corrected chi connectivity index (χ4v) is 2.60. The zero-order valence-corrected chi connectivity index (χ0v) is 14.9. The van der Waals surface area contributed by atoms with E-state index in [1.165, 1.54) is 18.2 Å². The highest BCUT2D eigenvalue weighted by atomic mass is 16.5. The van der Waals surface area contributed by atoms with E-state index in [1.54, 1.807) is 11.6 Å². The van der Waals surface area contributed by atoms with E-state index in [0.29, 0.717) is 11.3 Å². The lowest BCUT2D eigenvalue weighted by Crippen LogP contribution is -2.38. The van der Waals surface area contributed by atoms with Crippen molar-refractivity contribution < 1.29 is 19.4 Å². The van der Waals surface area contributed by atoms with Crippen LogP contribution in [0.3, 0.4) is 0 Å². The third kappa shape index (κ3) is 4.24. The van der Waals surface area contributed by atoms with Crippen LogP contribution in [-0.4, -0.2) is 58.5 Å². The maximum absolute atomic E-state index is 12.8. The third-order valence-electron chi connectivity index (χ3n) is 4.01. The fourth-order valence-electron chi connectivity index (χ4n) is 2.60. The van der Waals surface area contributed by atoms with Crippen LogP contribution >= 0.6 is 0 Å². The van der Waals surface area contributed by atoms with Crippen LogP contribution in [0.15, 0.2) is 24.4 Å². The Balaban J connectivity index is 2.36. The second-order valence-electron chi connectivity index (χ2n) is 5.96. The van der Waals surface area contributed by atoms with Gasteiger partial charge in [0, 0.05) is 13.7 Å². The molecule has 0 atom stereocenters. The Bertz CT molecular complexity index is 783. The van der Waals surface area contributed by atoms with Gasteiger partial charge in [0.25, 0.3) is 5.91 Å². The summed E-state index contributed by atoms with van der Waals surface area (Å²) in [5.74, 6) is -1.43. The molecular weight excluding hydrogens is 322 g/mol. The first-order valence-corrected chi connectivity index (χ1v) is 7.97. The molecule has 0 aliphatic rings. The molecule has 1 aromatic carbocycles. The molecule has 0 saturated heterocycles. The second-order valence-corrected chi connectivity index (χ2v) is 5.96. The van der Waals surface area contributed by atoms with Crippen molar-refractivity contribution in [2.45, 2.75) is 20.8 Å². The van der Waals surface area contributed by atoms with Crippen LogP contribution in [0.2, 0.25) is 0 Å². The molecule has 2 rings (SSSR count). The van der Waals surface area contributed by atoms with Gasteiger partial charge in [0.2, 0.25) is 0 Å². The predicted octanol–water partition coefficient (Wildman–Crippen LogP) is 1.97. The minimum absolute atomic E-state index is 0.204. The quantitative estimate of drug-likeness (QED) is 0.829. The van der Waals surface area contributed by atoms with Crippen molar-refractivity contribution in [3.8, 4) is 5.69 Å². The number of ether oxygens (including phenoxy) is 1. The highest BCUT2D eigenvalue weighted by Crippen LogP contribution is 2.20. The number of aromatic nitrogens is 2. The second kappa shape index (κ2) is 7.94. The summed E-state index contributed by atoms with van der Waals surface area (Å²) in [7, 11) is 1.51. The largest absolute Gasteiger partial charge is 0.480 e. The zero-order chi connectivity index (χ0) is 18.6. The average molecular weight is 345 g/mol. The molecule has 1 amide bonds. The van der Waals surface area contributed by atoms with Crippen LogP contribution in [0.25, 0.3) is 5.69 Å². The van der Waals surface area contributed by atoms with Gasteiger partial charge in [0.15, 0.2) is 0 Å². The third-order valence-corrected chi connectivity index (χ3v) is 4.01. The summed E-state index contributed by atoms with van der Waals surface area (Å²) in [6.45, 7) is 5.87. The Morgan fingerprint density at radius 3 is 2.64 bits per heavy atom. The topological polar surface area (TPSA) is 84.7 Å². The van der Waals surface area contributed by atoms with Crippen molar-refractivity contribution in [2.24, 2.45) is 0 Å². The molecule has 1 aromatic heterocycles. The Morgan fingerprint density at radius 2 is 2.00 bits per heavy atom. The van der Waals surface area contributed by atoms with E-state index in [1.807, 2.05) is 32.0 Å². The number of rotatable bonds is 7. The van der Waals surface area contributed by atoms with E-state index in [4.69, 9.17) is 9.84 Å². The van der Waals surface area contributed by atoms with Crippen molar-refractivity contribution in [2.75, 3.05) is 26.8 Å². The first kappa shape index (κ1) is 18.7. The Labute approximate surface area is 146 Å². The Morgan fingerprint density at radius 1 is 1.28 bits per heavy atom. The summed E-state index contributed by atoms with van der Waals surface area (Å²) < 4.78 is 6.68. The summed E-state index contributed by atoms with van der Waals surface area (Å²) in [5, 5.41) is 13.4. The number of nitrogens with zero attached hydrogens (tertiary/aromatic N) is 3. The number of carboxylic acid groups (broad SMARTS) is 1. The lowest BCUT2D eigenvalue weighted by Gasteiger charge is -2.20. The number of benzene rings is 1. The van der Waals surface area contributed by atoms with E-state index in [-0.39, 0.29) is 25.6 Å². The van der Waals surface area contributed by atoms with Gasteiger partial charge in [-0.25, -0.2) is 4.68 Å². The van der Waals surface area contributed by atoms with Gasteiger partial charge in [0.05, 0.1) is 29.7 Å². The molecule has 0 unspecified atom stereocenters. The van der Waals surface area contributed by atoms with Crippen molar-refractivity contribution in [3.05, 3.63) is 46.8 Å². The van der Waals surface area contributed by atoms with E-state index in [0.717, 1.165) is 16.8 Å². The maximum atomic E-state index is 12.8. The zero-order valence-electron chi connectivity index (χ0n) is 14.9. The number of aliphatic carboxylic acids is 1. The average Bonchev–Trinajstić information content (AvgIpc) is 2.94. The summed E-state index contributed by atoms with van der Waals surface area (Å²) in [6.07, 6.45) is 1.49. The van der Waals surface area contributed by atoms with Gasteiger partial charge in [-0.2, -0.15) is 5.10 Å². The smallest absolute Gasteiger partial charge is 0.323 e. The standard InChI is InChI=1S/C18H23N3O4/c1-12-5-6-13(2)16(9-12)21-14(3)15(10-19-21)18(24)20(7-8-25-4)11-17(22)23/h5-6,9-10H,7-8,11H2,1-4H3,(H,22,23). The van der Waals surface area contributed by atoms with Crippen molar-refractivity contribution in [1.82, 2.24) is 14.7 Å². The molecule has 7 nitrogen and oxygen atoms in total. The fraction of sp³-hybridized carbons (Fsp3) is 0.389. The molecule has 1 heterocycles. The molecule has 2 aromatic rings. The van der Waals surface area contributed by atoms with Crippen molar-refractivity contribution in [3.63, 3.8) is 0 Å². The summed E-state index contributed by atoms with van der Waals surface area (Å²) in [6, 6.07) is 6.02. The summed E-state index contributed by atoms with van der Waals surface area (Å²) >= 11 is 0. The number of hydrogen-bond donors (Lipinski definition) is 1. The van der Waals surface area contributed by atoms with Crippen LogP contribution in [0, 0.1) is 20.8 Å². The van der Waals surface area contributed by atoms with Crippen LogP contribution in [0.5, 0.6) is 0 Å². The maximum Gasteiger partial charge on any atom is 0.323 e. The minimum Gasteiger partial charge on any atom is -0.480 e. The molecule has 0 aliphatic carbocycles. The number of amides is 1. The van der Waals surface area contributed by atoms with Gasteiger partial charge in [-0.3, -0.25) is 9.59 Å². The van der Waals surface area contributed by atoms with Gasteiger partial charge in [-0.15, -0.1) is 0 Å². The van der Waals surface area contributed by atoms with Crippen molar-refractivity contribution in [1.29, 1.82) is 0 Å². The molecular formula is C18H23N3O4. The highest BCUT2D eigenvalue weighted by molar-refractivity contribution is 5.96. The van der Waals surface area contributed by atoms with Crippen molar-refractivity contribution >= 4 is 11.9 Å². The predicted molar refractivity (Wildman–Crippen MR) is 93.2 cm³/mol. The number of hydrogen-bond acceptors (Lipinski definition) is 4. The molecule has 0 aliphatic heterocycles. The number of aryl methyl sites for hydroxylation is 2. The summed E-state index contributed by atoms with van der Waals surface area (Å²) in [5.41, 5.74) is 4.09. The molecule has 134 valence electrons. The normalized spacial score (nSPS) is 10.7. The van der Waals surface area contributed by atoms with E-state index >= 15 is 0 Å². The molecule has 0 saturated carbocycles. The molecule has 0 radical (unpaired) electrons. The molecule has 1 N–H and O–H groups in total. The van der Waals surface area contributed by atoms with Gasteiger partial charge in [-0.1, -0.05) is 12.1 Å². The van der Waals surface area contributed by atoms with Gasteiger partial charge < -0.3 is 14.7 Å². The SMILES string of the molecule is COCCN(CC(=O)O)C(=O)c1cnn(-c2cc(C)ccc2C)c1C.